The molecule has 3 rings (SSSR count). The Hall–Kier alpha value is -3.48. The quantitative estimate of drug-likeness (QED) is 0.575. The third-order valence-corrected chi connectivity index (χ3v) is 4.85. The van der Waals surface area contributed by atoms with Gasteiger partial charge in [-0.1, -0.05) is 42.0 Å². The van der Waals surface area contributed by atoms with Gasteiger partial charge in [-0.15, -0.1) is 0 Å². The first-order valence-corrected chi connectivity index (χ1v) is 9.28. The van der Waals surface area contributed by atoms with Crippen LogP contribution >= 0.6 is 0 Å². The Balaban J connectivity index is 1.64. The highest BCUT2D eigenvalue weighted by Crippen LogP contribution is 2.23. The minimum absolute atomic E-state index is 0.0156. The van der Waals surface area contributed by atoms with E-state index < -0.39 is 23.8 Å². The largest absolute Gasteiger partial charge is 0.469 e. The van der Waals surface area contributed by atoms with Crippen molar-refractivity contribution >= 4 is 23.7 Å². The van der Waals surface area contributed by atoms with Crippen LogP contribution in [-0.2, 0) is 14.3 Å². The monoisotopic (exact) mass is 394 g/mol. The summed E-state index contributed by atoms with van der Waals surface area (Å²) in [6.07, 6.45) is -0.0761. The number of aryl methyl sites for hydroxylation is 1. The van der Waals surface area contributed by atoms with E-state index in [1.807, 2.05) is 31.2 Å². The molecule has 1 N–H and O–H groups in total. The maximum absolute atomic E-state index is 12.5. The number of carbonyl (C=O) groups is 4. The van der Waals surface area contributed by atoms with E-state index in [0.29, 0.717) is 11.1 Å². The number of hydrogen-bond acceptors (Lipinski definition) is 5. The van der Waals surface area contributed by atoms with Crippen LogP contribution in [0.1, 0.15) is 50.7 Å². The first-order chi connectivity index (χ1) is 13.9. The molecule has 1 aliphatic heterocycles. The van der Waals surface area contributed by atoms with E-state index in [1.165, 1.54) is 7.11 Å². The summed E-state index contributed by atoms with van der Waals surface area (Å²) in [5, 5.41) is 2.80. The maximum Gasteiger partial charge on any atom is 0.307 e. The number of nitrogens with one attached hydrogen (secondary N) is 1. The number of ether oxygens (including phenoxy) is 1. The summed E-state index contributed by atoms with van der Waals surface area (Å²) in [4.78, 5) is 50.1. The summed E-state index contributed by atoms with van der Waals surface area (Å²) in [6, 6.07) is 13.5. The van der Waals surface area contributed by atoms with Crippen molar-refractivity contribution in [2.24, 2.45) is 0 Å². The second-order valence-corrected chi connectivity index (χ2v) is 6.87. The minimum atomic E-state index is -0.558. The van der Waals surface area contributed by atoms with E-state index in [1.54, 1.807) is 24.3 Å². The van der Waals surface area contributed by atoms with Gasteiger partial charge >= 0.3 is 5.97 Å². The molecule has 1 atom stereocenters. The highest BCUT2D eigenvalue weighted by atomic mass is 16.5. The molecule has 29 heavy (non-hydrogen) atoms. The van der Waals surface area contributed by atoms with Gasteiger partial charge in [-0.2, -0.15) is 0 Å². The van der Waals surface area contributed by atoms with Crippen LogP contribution in [0.3, 0.4) is 0 Å². The van der Waals surface area contributed by atoms with Crippen LogP contribution in [0, 0.1) is 6.92 Å². The van der Waals surface area contributed by atoms with Crippen molar-refractivity contribution in [2.75, 3.05) is 13.7 Å². The summed E-state index contributed by atoms with van der Waals surface area (Å²) in [5.41, 5.74) is 2.53. The third kappa shape index (κ3) is 4.51. The SMILES string of the molecule is COC(=O)C[C@@H](NC(=O)CCN1C(=O)c2ccccc2C1=O)c1ccc(C)cc1. The molecule has 1 aliphatic rings. The lowest BCUT2D eigenvalue weighted by Gasteiger charge is -2.19. The van der Waals surface area contributed by atoms with Gasteiger partial charge in [0, 0.05) is 13.0 Å². The standard InChI is InChI=1S/C22H22N2O5/c1-14-7-9-15(10-8-14)18(13-20(26)29-2)23-19(25)11-12-24-21(27)16-5-3-4-6-17(16)22(24)28/h3-10,18H,11-13H2,1-2H3,(H,23,25)/t18-/m1/s1. The van der Waals surface area contributed by atoms with Crippen LogP contribution in [0.25, 0.3) is 0 Å². The predicted molar refractivity (Wildman–Crippen MR) is 105 cm³/mol. The van der Waals surface area contributed by atoms with Gasteiger partial charge in [0.2, 0.25) is 5.91 Å². The highest BCUT2D eigenvalue weighted by molar-refractivity contribution is 6.21. The number of esters is 1. The summed E-state index contributed by atoms with van der Waals surface area (Å²) < 4.78 is 4.72. The van der Waals surface area contributed by atoms with Crippen LogP contribution in [-0.4, -0.2) is 42.2 Å². The molecule has 0 unspecified atom stereocenters. The average molecular weight is 394 g/mol. The van der Waals surface area contributed by atoms with Crippen LogP contribution < -0.4 is 5.32 Å². The number of imide groups is 1. The van der Waals surface area contributed by atoms with Gasteiger partial charge < -0.3 is 10.1 Å². The van der Waals surface area contributed by atoms with Crippen LogP contribution in [0.4, 0.5) is 0 Å². The van der Waals surface area contributed by atoms with E-state index in [9.17, 15) is 19.2 Å². The number of methoxy groups -OCH3 is 1. The topological polar surface area (TPSA) is 92.8 Å². The molecule has 0 saturated heterocycles. The summed E-state index contributed by atoms with van der Waals surface area (Å²) in [5.74, 6) is -1.61. The first kappa shape index (κ1) is 20.3. The lowest BCUT2D eigenvalue weighted by atomic mass is 10.0. The molecular weight excluding hydrogens is 372 g/mol. The Kier molecular flexibility index (Phi) is 6.07. The van der Waals surface area contributed by atoms with Crippen molar-refractivity contribution in [2.45, 2.75) is 25.8 Å². The highest BCUT2D eigenvalue weighted by Gasteiger charge is 2.35. The van der Waals surface area contributed by atoms with Gasteiger partial charge in [-0.3, -0.25) is 24.1 Å². The van der Waals surface area contributed by atoms with Crippen molar-refractivity contribution in [1.82, 2.24) is 10.2 Å². The number of amides is 3. The van der Waals surface area contributed by atoms with Crippen molar-refractivity contribution in [3.05, 3.63) is 70.8 Å². The molecular formula is C22H22N2O5. The molecule has 0 aromatic heterocycles. The number of benzene rings is 2. The average Bonchev–Trinajstić information content (AvgIpc) is 2.97. The van der Waals surface area contributed by atoms with E-state index in [4.69, 9.17) is 4.74 Å². The molecule has 0 fully saturated rings. The van der Waals surface area contributed by atoms with Crippen LogP contribution in [0.2, 0.25) is 0 Å². The zero-order valence-electron chi connectivity index (χ0n) is 16.3. The number of fused-ring (bicyclic) bond motifs is 1. The Labute approximate surface area is 168 Å². The van der Waals surface area contributed by atoms with Crippen molar-refractivity contribution < 1.29 is 23.9 Å². The zero-order valence-corrected chi connectivity index (χ0v) is 16.3. The van der Waals surface area contributed by atoms with E-state index in [0.717, 1.165) is 16.0 Å². The molecule has 2 aromatic rings. The summed E-state index contributed by atoms with van der Waals surface area (Å²) in [7, 11) is 1.29. The molecule has 3 amide bonds. The molecule has 0 saturated carbocycles. The molecule has 0 aliphatic carbocycles. The predicted octanol–water partition coefficient (Wildman–Crippen LogP) is 2.40. The zero-order chi connectivity index (χ0) is 21.0. The number of hydrogen-bond donors (Lipinski definition) is 1. The molecule has 0 bridgehead atoms. The molecule has 1 heterocycles. The fraction of sp³-hybridized carbons (Fsp3) is 0.273. The van der Waals surface area contributed by atoms with Crippen LogP contribution in [0.5, 0.6) is 0 Å². The van der Waals surface area contributed by atoms with Crippen molar-refractivity contribution in [3.8, 4) is 0 Å². The first-order valence-electron chi connectivity index (χ1n) is 9.28. The molecule has 0 radical (unpaired) electrons. The van der Waals surface area contributed by atoms with Crippen molar-refractivity contribution in [3.63, 3.8) is 0 Å². The smallest absolute Gasteiger partial charge is 0.307 e. The van der Waals surface area contributed by atoms with Crippen molar-refractivity contribution in [1.29, 1.82) is 0 Å². The van der Waals surface area contributed by atoms with Gasteiger partial charge in [0.15, 0.2) is 0 Å². The summed E-state index contributed by atoms with van der Waals surface area (Å²) >= 11 is 0. The Bertz CT molecular complexity index is 917. The maximum atomic E-state index is 12.5. The van der Waals surface area contributed by atoms with Gasteiger partial charge in [-0.05, 0) is 24.6 Å². The lowest BCUT2D eigenvalue weighted by molar-refractivity contribution is -0.141. The second-order valence-electron chi connectivity index (χ2n) is 6.87. The van der Waals surface area contributed by atoms with Gasteiger partial charge in [-0.25, -0.2) is 0 Å². The van der Waals surface area contributed by atoms with E-state index >= 15 is 0 Å². The molecule has 2 aromatic carbocycles. The minimum Gasteiger partial charge on any atom is -0.469 e. The molecule has 150 valence electrons. The van der Waals surface area contributed by atoms with E-state index in [-0.39, 0.29) is 25.3 Å². The fourth-order valence-electron chi connectivity index (χ4n) is 3.22. The Morgan fingerprint density at radius 2 is 1.59 bits per heavy atom. The number of carbonyl (C=O) groups excluding carboxylic acids is 4. The van der Waals surface area contributed by atoms with Gasteiger partial charge in [0.25, 0.3) is 11.8 Å². The number of nitrogens with zero attached hydrogens (tertiary/aromatic N) is 1. The van der Waals surface area contributed by atoms with Gasteiger partial charge in [0.1, 0.15) is 0 Å². The molecule has 7 nitrogen and oxygen atoms in total. The van der Waals surface area contributed by atoms with E-state index in [2.05, 4.69) is 5.32 Å². The Morgan fingerprint density at radius 3 is 2.14 bits per heavy atom. The third-order valence-electron chi connectivity index (χ3n) is 4.85. The van der Waals surface area contributed by atoms with Gasteiger partial charge in [0.05, 0.1) is 30.7 Å². The number of rotatable bonds is 7. The van der Waals surface area contributed by atoms with Crippen LogP contribution in [0.15, 0.2) is 48.5 Å². The normalized spacial score (nSPS) is 13.8. The fourth-order valence-corrected chi connectivity index (χ4v) is 3.22. The Morgan fingerprint density at radius 1 is 1.00 bits per heavy atom. The molecule has 0 spiro atoms. The lowest BCUT2D eigenvalue weighted by Crippen LogP contribution is -2.36. The summed E-state index contributed by atoms with van der Waals surface area (Å²) in [6.45, 7) is 1.91. The molecule has 7 heteroatoms. The second kappa shape index (κ2) is 8.68.